The fourth-order valence-corrected chi connectivity index (χ4v) is 3.68. The van der Waals surface area contributed by atoms with Crippen LogP contribution in [-0.4, -0.2) is 28.3 Å². The topological polar surface area (TPSA) is 83.9 Å². The molecule has 3 rings (SSSR count). The number of halogens is 1. The molecule has 1 N–H and O–H groups in total. The lowest BCUT2D eigenvalue weighted by Gasteiger charge is -2.14. The first-order chi connectivity index (χ1) is 12.9. The van der Waals surface area contributed by atoms with Crippen molar-refractivity contribution in [3.8, 4) is 5.75 Å². The fraction of sp³-hybridized carbons (Fsp3) is 0.105. The third-order valence-corrected chi connectivity index (χ3v) is 5.28. The number of amides is 2. The Hall–Kier alpha value is -2.58. The Bertz CT molecular complexity index is 959. The molecule has 0 aromatic heterocycles. The number of carboxylic acid groups (broad SMARTS) is 1. The Morgan fingerprint density at radius 2 is 1.85 bits per heavy atom. The van der Waals surface area contributed by atoms with Crippen LogP contribution >= 0.6 is 27.7 Å². The third-order valence-electron chi connectivity index (χ3n) is 3.74. The van der Waals surface area contributed by atoms with E-state index >= 15 is 0 Å². The number of nitrogens with zero attached hydrogens (tertiary/aromatic N) is 1. The number of aliphatic carboxylic acids is 1. The maximum Gasteiger partial charge on any atom is 0.344 e. The second-order valence-corrected chi connectivity index (χ2v) is 7.45. The van der Waals surface area contributed by atoms with Gasteiger partial charge in [0.05, 0.1) is 10.6 Å². The Kier molecular flexibility index (Phi) is 5.67. The first kappa shape index (κ1) is 19.2. The molecule has 0 aliphatic carbocycles. The number of hydrogen-bond acceptors (Lipinski definition) is 5. The summed E-state index contributed by atoms with van der Waals surface area (Å²) >= 11 is 4.17. The lowest BCUT2D eigenvalue weighted by Crippen LogP contribution is -2.27. The van der Waals surface area contributed by atoms with Gasteiger partial charge in [-0.2, -0.15) is 0 Å². The van der Waals surface area contributed by atoms with E-state index in [0.29, 0.717) is 21.5 Å². The van der Waals surface area contributed by atoms with Crippen LogP contribution in [0.1, 0.15) is 12.5 Å². The molecule has 2 amide bonds. The largest absolute Gasteiger partial charge is 0.479 e. The molecule has 6 nitrogen and oxygen atoms in total. The van der Waals surface area contributed by atoms with E-state index in [1.165, 1.54) is 13.0 Å². The minimum Gasteiger partial charge on any atom is -0.479 e. The van der Waals surface area contributed by atoms with Gasteiger partial charge in [-0.05, 0) is 58.9 Å². The zero-order valence-corrected chi connectivity index (χ0v) is 16.5. The Balaban J connectivity index is 1.93. The van der Waals surface area contributed by atoms with Crippen LogP contribution in [0.2, 0.25) is 0 Å². The van der Waals surface area contributed by atoms with E-state index in [-0.39, 0.29) is 4.91 Å². The summed E-state index contributed by atoms with van der Waals surface area (Å²) < 4.78 is 6.07. The van der Waals surface area contributed by atoms with Crippen molar-refractivity contribution in [2.45, 2.75) is 13.0 Å². The summed E-state index contributed by atoms with van der Waals surface area (Å²) in [5.74, 6) is -1.22. The number of carbonyl (C=O) groups is 3. The molecule has 1 saturated heterocycles. The van der Waals surface area contributed by atoms with Gasteiger partial charge in [-0.25, -0.2) is 9.69 Å². The fourth-order valence-electron chi connectivity index (χ4n) is 2.40. The quantitative estimate of drug-likeness (QED) is 0.677. The highest BCUT2D eigenvalue weighted by Gasteiger charge is 2.37. The molecule has 1 aliphatic rings. The van der Waals surface area contributed by atoms with Gasteiger partial charge in [0.1, 0.15) is 5.75 Å². The van der Waals surface area contributed by atoms with Crippen molar-refractivity contribution >= 4 is 56.6 Å². The van der Waals surface area contributed by atoms with Crippen LogP contribution in [0.5, 0.6) is 5.75 Å². The number of benzene rings is 2. The molecule has 1 heterocycles. The third kappa shape index (κ3) is 4.06. The maximum atomic E-state index is 12.8. The summed E-state index contributed by atoms with van der Waals surface area (Å²) in [4.78, 5) is 37.5. The minimum atomic E-state index is -1.10. The first-order valence-electron chi connectivity index (χ1n) is 7.89. The zero-order chi connectivity index (χ0) is 19.6. The van der Waals surface area contributed by atoms with E-state index in [2.05, 4.69) is 15.9 Å². The van der Waals surface area contributed by atoms with Crippen LogP contribution in [0.3, 0.4) is 0 Å². The minimum absolute atomic E-state index is 0.231. The molecule has 8 heteroatoms. The molecular formula is C19H14BrNO5S. The molecule has 27 heavy (non-hydrogen) atoms. The van der Waals surface area contributed by atoms with Crippen molar-refractivity contribution in [2.75, 3.05) is 4.90 Å². The molecule has 138 valence electrons. The maximum absolute atomic E-state index is 12.8. The normalized spacial score (nSPS) is 16.7. The molecule has 1 fully saturated rings. The molecule has 0 saturated carbocycles. The summed E-state index contributed by atoms with van der Waals surface area (Å²) in [5, 5.41) is 8.62. The summed E-state index contributed by atoms with van der Waals surface area (Å²) in [6.07, 6.45) is 0.487. The summed E-state index contributed by atoms with van der Waals surface area (Å²) in [6, 6.07) is 13.7. The lowest BCUT2D eigenvalue weighted by molar-refractivity contribution is -0.144. The highest BCUT2D eigenvalue weighted by atomic mass is 79.9. The molecule has 0 radical (unpaired) electrons. The monoisotopic (exact) mass is 447 g/mol. The number of ether oxygens (including phenoxy) is 1. The number of imide groups is 1. The van der Waals surface area contributed by atoms with Gasteiger partial charge in [-0.15, -0.1) is 0 Å². The molecule has 2 aromatic rings. The summed E-state index contributed by atoms with van der Waals surface area (Å²) in [7, 11) is 0. The zero-order valence-electron chi connectivity index (χ0n) is 14.1. The van der Waals surface area contributed by atoms with Crippen LogP contribution in [0.4, 0.5) is 10.5 Å². The van der Waals surface area contributed by atoms with E-state index in [0.717, 1.165) is 16.7 Å². The van der Waals surface area contributed by atoms with Gasteiger partial charge >= 0.3 is 5.97 Å². The average molecular weight is 448 g/mol. The van der Waals surface area contributed by atoms with E-state index in [1.807, 2.05) is 0 Å². The highest BCUT2D eigenvalue weighted by molar-refractivity contribution is 9.10. The SMILES string of the molecule is CC(Oc1ccccc1/C=C1/SC(=O)N(c2ccccc2Br)C1=O)C(=O)O. The Morgan fingerprint density at radius 1 is 1.19 bits per heavy atom. The number of carbonyl (C=O) groups excluding carboxylic acids is 2. The van der Waals surface area contributed by atoms with E-state index in [1.54, 1.807) is 48.5 Å². The van der Waals surface area contributed by atoms with Gasteiger partial charge in [-0.3, -0.25) is 9.59 Å². The van der Waals surface area contributed by atoms with Crippen LogP contribution in [0.15, 0.2) is 57.9 Å². The van der Waals surface area contributed by atoms with E-state index in [9.17, 15) is 14.4 Å². The van der Waals surface area contributed by atoms with Crippen molar-refractivity contribution in [1.82, 2.24) is 0 Å². The summed E-state index contributed by atoms with van der Waals surface area (Å²) in [5.41, 5.74) is 0.982. The van der Waals surface area contributed by atoms with Crippen molar-refractivity contribution < 1.29 is 24.2 Å². The average Bonchev–Trinajstić information content (AvgIpc) is 2.90. The Labute approximate surface area is 167 Å². The number of anilines is 1. The molecular weight excluding hydrogens is 434 g/mol. The molecule has 1 unspecified atom stereocenters. The van der Waals surface area contributed by atoms with Gasteiger partial charge in [0.2, 0.25) is 0 Å². The van der Waals surface area contributed by atoms with E-state index in [4.69, 9.17) is 9.84 Å². The first-order valence-corrected chi connectivity index (χ1v) is 9.50. The lowest BCUT2D eigenvalue weighted by atomic mass is 10.1. The Morgan fingerprint density at radius 3 is 2.56 bits per heavy atom. The van der Waals surface area contributed by atoms with E-state index < -0.39 is 23.2 Å². The van der Waals surface area contributed by atoms with Crippen molar-refractivity contribution in [1.29, 1.82) is 0 Å². The summed E-state index contributed by atoms with van der Waals surface area (Å²) in [6.45, 7) is 1.42. The van der Waals surface area contributed by atoms with Crippen molar-refractivity contribution in [3.05, 3.63) is 63.5 Å². The van der Waals surface area contributed by atoms with Crippen molar-refractivity contribution in [2.24, 2.45) is 0 Å². The molecule has 0 bridgehead atoms. The highest BCUT2D eigenvalue weighted by Crippen LogP contribution is 2.39. The van der Waals surface area contributed by atoms with Crippen LogP contribution in [0, 0.1) is 0 Å². The van der Waals surface area contributed by atoms with Gasteiger partial charge in [-0.1, -0.05) is 30.3 Å². The van der Waals surface area contributed by atoms with Gasteiger partial charge in [0.25, 0.3) is 11.1 Å². The number of hydrogen-bond donors (Lipinski definition) is 1. The second kappa shape index (κ2) is 7.98. The predicted octanol–water partition coefficient (Wildman–Crippen LogP) is 4.54. The van der Waals surface area contributed by atoms with Gasteiger partial charge in [0, 0.05) is 10.0 Å². The van der Waals surface area contributed by atoms with Crippen LogP contribution in [-0.2, 0) is 9.59 Å². The molecule has 1 atom stereocenters. The second-order valence-electron chi connectivity index (χ2n) is 5.60. The van der Waals surface area contributed by atoms with Crippen molar-refractivity contribution in [3.63, 3.8) is 0 Å². The van der Waals surface area contributed by atoms with Crippen LogP contribution in [0.25, 0.3) is 6.08 Å². The molecule has 1 aliphatic heterocycles. The number of rotatable bonds is 5. The van der Waals surface area contributed by atoms with Gasteiger partial charge in [0.15, 0.2) is 6.10 Å². The molecule has 2 aromatic carbocycles. The number of thioether (sulfide) groups is 1. The van der Waals surface area contributed by atoms with Crippen LogP contribution < -0.4 is 9.64 Å². The number of para-hydroxylation sites is 2. The standard InChI is InChI=1S/C19H14BrNO5S/c1-11(18(23)24)26-15-9-5-2-6-12(15)10-16-17(22)21(19(25)27-16)14-8-4-3-7-13(14)20/h2-11H,1H3,(H,23,24)/b16-10+. The van der Waals surface area contributed by atoms with Gasteiger partial charge < -0.3 is 9.84 Å². The number of carboxylic acids is 1. The predicted molar refractivity (Wildman–Crippen MR) is 107 cm³/mol. The smallest absolute Gasteiger partial charge is 0.344 e. The molecule has 0 spiro atoms.